The summed E-state index contributed by atoms with van der Waals surface area (Å²) in [5.74, 6) is 0. The summed E-state index contributed by atoms with van der Waals surface area (Å²) >= 11 is 0. The van der Waals surface area contributed by atoms with Crippen molar-refractivity contribution in [2.75, 3.05) is 27.2 Å². The van der Waals surface area contributed by atoms with E-state index in [2.05, 4.69) is 15.4 Å². The van der Waals surface area contributed by atoms with Gasteiger partial charge in [0, 0.05) is 45.7 Å². The standard InChI is InChI=1S/C13H19N5/c1-17(2)15-13-8-10-18(11-9-13)16-14-12-6-4-3-5-7-12/h3-7H,8-11H2,1-2H3. The van der Waals surface area contributed by atoms with E-state index in [9.17, 15) is 0 Å². The fraction of sp³-hybridized carbons (Fsp3) is 0.462. The highest BCUT2D eigenvalue weighted by molar-refractivity contribution is 5.85. The molecule has 0 N–H and O–H groups in total. The second kappa shape index (κ2) is 6.14. The van der Waals surface area contributed by atoms with Crippen molar-refractivity contribution < 1.29 is 0 Å². The molecule has 2 rings (SSSR count). The first-order valence-corrected chi connectivity index (χ1v) is 6.19. The van der Waals surface area contributed by atoms with Crippen LogP contribution in [0.25, 0.3) is 0 Å². The molecule has 5 heteroatoms. The summed E-state index contributed by atoms with van der Waals surface area (Å²) in [6, 6.07) is 9.81. The van der Waals surface area contributed by atoms with Crippen LogP contribution in [-0.2, 0) is 0 Å². The summed E-state index contributed by atoms with van der Waals surface area (Å²) in [5.41, 5.74) is 2.14. The molecule has 1 aliphatic heterocycles. The lowest BCUT2D eigenvalue weighted by Gasteiger charge is -2.24. The van der Waals surface area contributed by atoms with E-state index in [1.807, 2.05) is 54.4 Å². The lowest BCUT2D eigenvalue weighted by Crippen LogP contribution is -2.30. The highest BCUT2D eigenvalue weighted by atomic mass is 15.5. The van der Waals surface area contributed by atoms with Gasteiger partial charge in [-0.15, -0.1) is 5.11 Å². The Bertz CT molecular complexity index is 414. The van der Waals surface area contributed by atoms with Gasteiger partial charge in [-0.05, 0) is 12.1 Å². The second-order valence-electron chi connectivity index (χ2n) is 4.49. The van der Waals surface area contributed by atoms with Crippen LogP contribution in [0.4, 0.5) is 5.69 Å². The van der Waals surface area contributed by atoms with E-state index in [0.29, 0.717) is 0 Å². The summed E-state index contributed by atoms with van der Waals surface area (Å²) in [5, 5.41) is 16.8. The molecule has 0 spiro atoms. The molecule has 0 radical (unpaired) electrons. The summed E-state index contributed by atoms with van der Waals surface area (Å²) in [6.07, 6.45) is 1.93. The van der Waals surface area contributed by atoms with E-state index in [4.69, 9.17) is 0 Å². The molecule has 96 valence electrons. The number of rotatable bonds is 3. The molecule has 18 heavy (non-hydrogen) atoms. The molecule has 0 unspecified atom stereocenters. The van der Waals surface area contributed by atoms with E-state index in [-0.39, 0.29) is 0 Å². The van der Waals surface area contributed by atoms with Crippen molar-refractivity contribution in [3.05, 3.63) is 30.3 Å². The predicted octanol–water partition coefficient (Wildman–Crippen LogP) is 2.70. The molecule has 0 atom stereocenters. The van der Waals surface area contributed by atoms with E-state index in [0.717, 1.165) is 31.6 Å². The predicted molar refractivity (Wildman–Crippen MR) is 72.9 cm³/mol. The molecule has 0 saturated carbocycles. The highest BCUT2D eigenvalue weighted by Crippen LogP contribution is 2.13. The minimum atomic E-state index is 0.892. The Morgan fingerprint density at radius 2 is 1.72 bits per heavy atom. The van der Waals surface area contributed by atoms with E-state index >= 15 is 0 Å². The van der Waals surface area contributed by atoms with Gasteiger partial charge in [0.05, 0.1) is 5.69 Å². The van der Waals surface area contributed by atoms with Crippen molar-refractivity contribution in [3.8, 4) is 0 Å². The van der Waals surface area contributed by atoms with Crippen LogP contribution < -0.4 is 0 Å². The van der Waals surface area contributed by atoms with Crippen LogP contribution in [0.2, 0.25) is 0 Å². The molecule has 0 aromatic heterocycles. The molecule has 0 aliphatic carbocycles. The SMILES string of the molecule is CN(C)N=C1CCN(N=Nc2ccccc2)CC1. The number of piperidine rings is 1. The number of hydrazone groups is 1. The Kier molecular flexibility index (Phi) is 4.28. The van der Waals surface area contributed by atoms with E-state index in [1.54, 1.807) is 0 Å². The molecule has 1 aromatic rings. The van der Waals surface area contributed by atoms with Crippen molar-refractivity contribution in [3.63, 3.8) is 0 Å². The molecule has 1 aromatic carbocycles. The quantitative estimate of drug-likeness (QED) is 0.607. The van der Waals surface area contributed by atoms with Crippen LogP contribution in [0.3, 0.4) is 0 Å². The number of benzene rings is 1. The molecule has 0 bridgehead atoms. The van der Waals surface area contributed by atoms with Crippen molar-refractivity contribution in [2.45, 2.75) is 12.8 Å². The minimum absolute atomic E-state index is 0.892. The van der Waals surface area contributed by atoms with Gasteiger partial charge in [-0.2, -0.15) is 5.10 Å². The molecule has 0 amide bonds. The van der Waals surface area contributed by atoms with Gasteiger partial charge in [-0.1, -0.05) is 23.4 Å². The second-order valence-corrected chi connectivity index (χ2v) is 4.49. The summed E-state index contributed by atoms with van der Waals surface area (Å²) < 4.78 is 0. The number of nitrogens with zero attached hydrogens (tertiary/aromatic N) is 5. The van der Waals surface area contributed by atoms with Crippen molar-refractivity contribution >= 4 is 11.4 Å². The van der Waals surface area contributed by atoms with Gasteiger partial charge in [-0.25, -0.2) is 0 Å². The Labute approximate surface area is 108 Å². The van der Waals surface area contributed by atoms with Crippen LogP contribution in [0.5, 0.6) is 0 Å². The average Bonchev–Trinajstić information content (AvgIpc) is 2.38. The first-order valence-electron chi connectivity index (χ1n) is 6.19. The molecule has 1 heterocycles. The van der Waals surface area contributed by atoms with Crippen LogP contribution >= 0.6 is 0 Å². The topological polar surface area (TPSA) is 43.6 Å². The Balaban J connectivity index is 1.86. The first kappa shape index (κ1) is 12.5. The van der Waals surface area contributed by atoms with Gasteiger partial charge < -0.3 is 5.01 Å². The van der Waals surface area contributed by atoms with Crippen LogP contribution in [0, 0.1) is 0 Å². The van der Waals surface area contributed by atoms with Crippen LogP contribution in [-0.4, -0.2) is 42.9 Å². The van der Waals surface area contributed by atoms with E-state index in [1.165, 1.54) is 5.71 Å². The zero-order valence-electron chi connectivity index (χ0n) is 11.0. The summed E-state index contributed by atoms with van der Waals surface area (Å²) in [4.78, 5) is 0. The molecule has 5 nitrogen and oxygen atoms in total. The maximum atomic E-state index is 4.44. The smallest absolute Gasteiger partial charge is 0.0874 e. The fourth-order valence-corrected chi connectivity index (χ4v) is 1.83. The average molecular weight is 245 g/mol. The maximum Gasteiger partial charge on any atom is 0.0874 e. The van der Waals surface area contributed by atoms with Crippen LogP contribution in [0.1, 0.15) is 12.8 Å². The number of hydrogen-bond acceptors (Lipinski definition) is 4. The largest absolute Gasteiger partial charge is 0.303 e. The molecular weight excluding hydrogens is 226 g/mol. The molecule has 1 fully saturated rings. The molecular formula is C13H19N5. The van der Waals surface area contributed by atoms with Gasteiger partial charge in [0.15, 0.2) is 0 Å². The summed E-state index contributed by atoms with van der Waals surface area (Å²) in [6.45, 7) is 1.78. The Morgan fingerprint density at radius 1 is 1.06 bits per heavy atom. The van der Waals surface area contributed by atoms with Crippen LogP contribution in [0.15, 0.2) is 45.8 Å². The lowest BCUT2D eigenvalue weighted by atomic mass is 10.1. The fourth-order valence-electron chi connectivity index (χ4n) is 1.83. The zero-order chi connectivity index (χ0) is 12.8. The zero-order valence-corrected chi connectivity index (χ0v) is 11.0. The minimum Gasteiger partial charge on any atom is -0.303 e. The Hall–Kier alpha value is -1.91. The van der Waals surface area contributed by atoms with Crippen molar-refractivity contribution in [2.24, 2.45) is 15.4 Å². The number of hydrogen-bond donors (Lipinski definition) is 0. The highest BCUT2D eigenvalue weighted by Gasteiger charge is 2.13. The van der Waals surface area contributed by atoms with E-state index < -0.39 is 0 Å². The third-order valence-electron chi connectivity index (χ3n) is 2.70. The third kappa shape index (κ3) is 3.84. The van der Waals surface area contributed by atoms with Gasteiger partial charge >= 0.3 is 0 Å². The Morgan fingerprint density at radius 3 is 2.33 bits per heavy atom. The molecule has 1 saturated heterocycles. The first-order chi connectivity index (χ1) is 8.74. The van der Waals surface area contributed by atoms with Crippen molar-refractivity contribution in [1.29, 1.82) is 0 Å². The lowest BCUT2D eigenvalue weighted by molar-refractivity contribution is 0.268. The van der Waals surface area contributed by atoms with Gasteiger partial charge in [0.1, 0.15) is 0 Å². The monoisotopic (exact) mass is 245 g/mol. The maximum absolute atomic E-state index is 4.44. The normalized spacial score (nSPS) is 16.1. The van der Waals surface area contributed by atoms with Gasteiger partial charge in [0.25, 0.3) is 0 Å². The molecule has 1 aliphatic rings. The van der Waals surface area contributed by atoms with Gasteiger partial charge in [-0.3, -0.25) is 5.01 Å². The summed E-state index contributed by atoms with van der Waals surface area (Å²) in [7, 11) is 3.91. The van der Waals surface area contributed by atoms with Gasteiger partial charge in [0.2, 0.25) is 0 Å². The van der Waals surface area contributed by atoms with Crippen molar-refractivity contribution in [1.82, 2.24) is 10.0 Å². The third-order valence-corrected chi connectivity index (χ3v) is 2.70.